The van der Waals surface area contributed by atoms with Crippen LogP contribution in [0.15, 0.2) is 72.8 Å². The molecule has 0 amide bonds. The van der Waals surface area contributed by atoms with E-state index in [9.17, 15) is 9.59 Å². The maximum absolute atomic E-state index is 13.6. The van der Waals surface area contributed by atoms with E-state index in [1.165, 1.54) is 68.1 Å². The number of ether oxygens (including phenoxy) is 2. The normalized spacial score (nSPS) is 30.1. The predicted molar refractivity (Wildman–Crippen MR) is 232 cm³/mol. The van der Waals surface area contributed by atoms with Crippen molar-refractivity contribution in [2.75, 3.05) is 0 Å². The van der Waals surface area contributed by atoms with Crippen molar-refractivity contribution in [3.8, 4) is 0 Å². The summed E-state index contributed by atoms with van der Waals surface area (Å²) in [7, 11) is 0. The first-order valence-electron chi connectivity index (χ1n) is 22.7. The van der Waals surface area contributed by atoms with Gasteiger partial charge in [-0.15, -0.1) is 0 Å². The lowest BCUT2D eigenvalue weighted by molar-refractivity contribution is -0.0181. The lowest BCUT2D eigenvalue weighted by Crippen LogP contribution is -2.35. The van der Waals surface area contributed by atoms with Gasteiger partial charge in [-0.3, -0.25) is 0 Å². The molecule has 298 valence electrons. The van der Waals surface area contributed by atoms with E-state index >= 15 is 0 Å². The molecule has 11 rings (SSSR count). The quantitative estimate of drug-likeness (QED) is 0.161. The third kappa shape index (κ3) is 5.74. The van der Waals surface area contributed by atoms with Gasteiger partial charge >= 0.3 is 11.9 Å². The summed E-state index contributed by atoms with van der Waals surface area (Å²) in [5, 5.41) is 4.68. The Morgan fingerprint density at radius 3 is 1.16 bits per heavy atom. The zero-order valence-corrected chi connectivity index (χ0v) is 35.1. The minimum absolute atomic E-state index is 0.00148. The molecule has 4 heteroatoms. The molecule has 6 aliphatic carbocycles. The summed E-state index contributed by atoms with van der Waals surface area (Å²) in [5.41, 5.74) is 13.2. The molecule has 0 N–H and O–H groups in total. The van der Waals surface area contributed by atoms with Crippen LogP contribution in [0.2, 0.25) is 0 Å². The van der Waals surface area contributed by atoms with Crippen LogP contribution in [0.4, 0.5) is 0 Å². The SMILES string of the molecule is CC(C)[C@@H]1CC[C@@H](C)C[C@H]1OC(=O)c1ccc2cc3c(cc2c1)[C@@H]1C[C@H]3c2cc3c(cc21)[C@@H]1C[C@H]3c2cc3cc(C(=O)O[C@@H]4C[C@H](C)CC[C@H]4C(C)C)ccc3cc21. The van der Waals surface area contributed by atoms with Crippen molar-refractivity contribution in [3.05, 3.63) is 128 Å². The van der Waals surface area contributed by atoms with Crippen molar-refractivity contribution in [3.63, 3.8) is 0 Å². The van der Waals surface area contributed by atoms with E-state index in [1.807, 2.05) is 12.1 Å². The number of carbonyl (C=O) groups excluding carboxylic acids is 2. The van der Waals surface area contributed by atoms with Gasteiger partial charge in [-0.1, -0.05) is 103 Å². The molecule has 0 aliphatic heterocycles. The topological polar surface area (TPSA) is 52.6 Å². The third-order valence-electron chi connectivity index (χ3n) is 16.2. The summed E-state index contributed by atoms with van der Waals surface area (Å²) in [5.74, 6) is 4.36. The van der Waals surface area contributed by atoms with Crippen LogP contribution in [0, 0.1) is 35.5 Å². The second-order valence-corrected chi connectivity index (χ2v) is 20.4. The smallest absolute Gasteiger partial charge is 0.338 e. The number of rotatable bonds is 6. The molecular weight excluding hydrogens is 713 g/mol. The number of hydrogen-bond donors (Lipinski definition) is 0. The molecule has 5 aromatic rings. The monoisotopic (exact) mass is 770 g/mol. The Morgan fingerprint density at radius 1 is 0.448 bits per heavy atom. The van der Waals surface area contributed by atoms with Crippen LogP contribution < -0.4 is 0 Å². The molecule has 10 atom stereocenters. The summed E-state index contributed by atoms with van der Waals surface area (Å²) in [6.45, 7) is 13.6. The summed E-state index contributed by atoms with van der Waals surface area (Å²) >= 11 is 0. The number of esters is 2. The number of fused-ring (bicyclic) bond motifs is 18. The number of benzene rings is 5. The number of carbonyl (C=O) groups is 2. The van der Waals surface area contributed by atoms with E-state index in [1.54, 1.807) is 0 Å². The zero-order valence-electron chi connectivity index (χ0n) is 35.1. The van der Waals surface area contributed by atoms with E-state index in [2.05, 4.69) is 102 Å². The Morgan fingerprint density at radius 2 is 0.793 bits per heavy atom. The standard InChI is InChI=1S/C54H58O4/c1-27(2)37-13-7-29(5)15-51(37)57-53(55)33-11-9-31-19-39-41(21-35(31)17-33)45-23-43(39)47-26-50-46-24-44(48(50)25-49(45)47)40-20-32-10-12-34(18-36(32)22-42(40)46)54(56)58-52-16-30(6)8-14-38(52)28(3)4/h9-12,17-22,25-30,37-38,43-46,51-52H,7-8,13-16,23-24H2,1-6H3/t29-,30-,37+,38+,43-,44-,45+,46+,51-,52-/m1/s1. The minimum Gasteiger partial charge on any atom is -0.458 e. The second kappa shape index (κ2) is 13.5. The molecule has 4 nitrogen and oxygen atoms in total. The van der Waals surface area contributed by atoms with Crippen LogP contribution in [-0.2, 0) is 9.47 Å². The first-order valence-corrected chi connectivity index (χ1v) is 22.7. The highest BCUT2D eigenvalue weighted by Gasteiger charge is 2.47. The first-order chi connectivity index (χ1) is 28.0. The Hall–Kier alpha value is -4.44. The van der Waals surface area contributed by atoms with E-state index < -0.39 is 0 Å². The molecule has 58 heavy (non-hydrogen) atoms. The Kier molecular flexibility index (Phi) is 8.55. The maximum atomic E-state index is 13.6. The third-order valence-corrected chi connectivity index (χ3v) is 16.2. The van der Waals surface area contributed by atoms with Crippen molar-refractivity contribution >= 4 is 33.5 Å². The van der Waals surface area contributed by atoms with Gasteiger partial charge in [-0.2, -0.15) is 0 Å². The maximum Gasteiger partial charge on any atom is 0.338 e. The highest BCUT2D eigenvalue weighted by molar-refractivity contribution is 5.97. The molecule has 0 unspecified atom stereocenters. The van der Waals surface area contributed by atoms with E-state index in [0.29, 0.717) is 70.3 Å². The summed E-state index contributed by atoms with van der Waals surface area (Å²) < 4.78 is 12.5. The molecule has 2 saturated carbocycles. The molecule has 5 aromatic carbocycles. The van der Waals surface area contributed by atoms with E-state index in [0.717, 1.165) is 49.3 Å². The minimum atomic E-state index is -0.176. The van der Waals surface area contributed by atoms with Crippen LogP contribution in [0.5, 0.6) is 0 Å². The van der Waals surface area contributed by atoms with Crippen molar-refractivity contribution in [2.45, 2.75) is 129 Å². The largest absolute Gasteiger partial charge is 0.458 e. The van der Waals surface area contributed by atoms with Crippen LogP contribution in [0.3, 0.4) is 0 Å². The van der Waals surface area contributed by atoms with Gasteiger partial charge in [0.05, 0.1) is 11.1 Å². The number of hydrogen-bond acceptors (Lipinski definition) is 4. The Labute approximate surface area is 344 Å². The van der Waals surface area contributed by atoms with Gasteiger partial charge in [0.2, 0.25) is 0 Å². The fourth-order valence-electron chi connectivity index (χ4n) is 13.1. The van der Waals surface area contributed by atoms with Gasteiger partial charge in [-0.25, -0.2) is 9.59 Å². The van der Waals surface area contributed by atoms with Crippen molar-refractivity contribution in [1.29, 1.82) is 0 Å². The fourth-order valence-corrected chi connectivity index (χ4v) is 13.1. The van der Waals surface area contributed by atoms with Gasteiger partial charge < -0.3 is 9.47 Å². The molecule has 2 fully saturated rings. The van der Waals surface area contributed by atoms with Crippen LogP contribution in [-0.4, -0.2) is 24.1 Å². The Balaban J connectivity index is 0.854. The molecule has 6 aliphatic rings. The Bertz CT molecular complexity index is 2350. The van der Waals surface area contributed by atoms with Gasteiger partial charge in [0.25, 0.3) is 0 Å². The van der Waals surface area contributed by atoms with Gasteiger partial charge in [0, 0.05) is 23.7 Å². The fraction of sp³-hybridized carbons (Fsp3) is 0.481. The van der Waals surface area contributed by atoms with Gasteiger partial charge in [-0.05, 0) is 164 Å². The lowest BCUT2D eigenvalue weighted by atomic mass is 9.75. The van der Waals surface area contributed by atoms with Gasteiger partial charge in [0.15, 0.2) is 0 Å². The van der Waals surface area contributed by atoms with Crippen molar-refractivity contribution < 1.29 is 19.1 Å². The van der Waals surface area contributed by atoms with Gasteiger partial charge in [0.1, 0.15) is 12.2 Å². The molecule has 4 bridgehead atoms. The predicted octanol–water partition coefficient (Wildman–Crippen LogP) is 13.2. The summed E-state index contributed by atoms with van der Waals surface area (Å²) in [6, 6.07) is 27.1. The molecule has 0 radical (unpaired) electrons. The van der Waals surface area contributed by atoms with Crippen LogP contribution >= 0.6 is 0 Å². The van der Waals surface area contributed by atoms with Crippen LogP contribution in [0.1, 0.15) is 182 Å². The lowest BCUT2D eigenvalue weighted by Gasteiger charge is -2.36. The summed E-state index contributed by atoms with van der Waals surface area (Å²) in [6.07, 6.45) is 8.91. The highest BCUT2D eigenvalue weighted by atomic mass is 16.5. The average Bonchev–Trinajstić information content (AvgIpc) is 3.96. The zero-order chi connectivity index (χ0) is 39.7. The van der Waals surface area contributed by atoms with Crippen LogP contribution in [0.25, 0.3) is 21.5 Å². The summed E-state index contributed by atoms with van der Waals surface area (Å²) in [4.78, 5) is 27.2. The van der Waals surface area contributed by atoms with E-state index in [4.69, 9.17) is 9.47 Å². The van der Waals surface area contributed by atoms with Crippen molar-refractivity contribution in [1.82, 2.24) is 0 Å². The van der Waals surface area contributed by atoms with E-state index in [-0.39, 0.29) is 24.1 Å². The molecular formula is C54H58O4. The molecule has 0 aromatic heterocycles. The molecule has 0 heterocycles. The molecule has 0 saturated heterocycles. The average molecular weight is 771 g/mol. The highest BCUT2D eigenvalue weighted by Crippen LogP contribution is 2.63. The second-order valence-electron chi connectivity index (χ2n) is 20.4. The molecule has 0 spiro atoms. The van der Waals surface area contributed by atoms with Crippen molar-refractivity contribution in [2.24, 2.45) is 35.5 Å². The first kappa shape index (κ1) is 36.6.